The monoisotopic (exact) mass is 264 g/mol. The Kier molecular flexibility index (Phi) is 3.13. The first-order chi connectivity index (χ1) is 9.07. The highest BCUT2D eigenvalue weighted by Gasteiger charge is 2.47. The van der Waals surface area contributed by atoms with Crippen LogP contribution in [0.1, 0.15) is 42.7 Å². The lowest BCUT2D eigenvalue weighted by molar-refractivity contribution is -0.950. The normalized spacial score (nSPS) is 32.8. The molecule has 4 nitrogen and oxygen atoms in total. The number of rotatable bonds is 2. The van der Waals surface area contributed by atoms with E-state index in [1.54, 1.807) is 12.1 Å². The van der Waals surface area contributed by atoms with Crippen LogP contribution in [0.15, 0.2) is 22.8 Å². The van der Waals surface area contributed by atoms with Crippen LogP contribution in [0.4, 0.5) is 0 Å². The number of ether oxygens (including phenoxy) is 1. The van der Waals surface area contributed by atoms with Crippen LogP contribution in [0.5, 0.6) is 0 Å². The molecule has 0 amide bonds. The molecule has 0 unspecified atom stereocenters. The molecule has 2 atom stereocenters. The van der Waals surface area contributed by atoms with Gasteiger partial charge in [0.15, 0.2) is 0 Å². The zero-order chi connectivity index (χ0) is 13.5. The predicted octanol–water partition coefficient (Wildman–Crippen LogP) is 2.60. The van der Waals surface area contributed by atoms with Gasteiger partial charge in [-0.3, -0.25) is 0 Å². The number of hydrogen-bond acceptors (Lipinski definition) is 3. The van der Waals surface area contributed by atoms with Gasteiger partial charge in [0.2, 0.25) is 5.76 Å². The lowest BCUT2D eigenvalue weighted by Gasteiger charge is -2.52. The second-order valence-corrected chi connectivity index (χ2v) is 6.34. The van der Waals surface area contributed by atoms with E-state index in [2.05, 4.69) is 14.1 Å². The first-order valence-electron chi connectivity index (χ1n) is 7.15. The number of piperidine rings is 2. The van der Waals surface area contributed by atoms with E-state index in [-0.39, 0.29) is 12.1 Å². The van der Waals surface area contributed by atoms with Crippen LogP contribution in [0, 0.1) is 0 Å². The van der Waals surface area contributed by atoms with E-state index in [4.69, 9.17) is 9.15 Å². The largest absolute Gasteiger partial charge is 0.457 e. The van der Waals surface area contributed by atoms with Crippen LogP contribution in [-0.4, -0.2) is 42.7 Å². The van der Waals surface area contributed by atoms with Crippen molar-refractivity contribution in [1.29, 1.82) is 0 Å². The molecule has 3 heterocycles. The van der Waals surface area contributed by atoms with Gasteiger partial charge in [-0.25, -0.2) is 4.79 Å². The molecule has 1 aromatic rings. The van der Waals surface area contributed by atoms with Crippen LogP contribution < -0.4 is 0 Å². The average Bonchev–Trinajstić information content (AvgIpc) is 2.83. The molecule has 0 saturated carbocycles. The third-order valence-corrected chi connectivity index (χ3v) is 5.02. The van der Waals surface area contributed by atoms with Crippen LogP contribution in [0.2, 0.25) is 0 Å². The number of carbonyl (C=O) groups is 1. The summed E-state index contributed by atoms with van der Waals surface area (Å²) in [6.45, 7) is 0. The van der Waals surface area contributed by atoms with Crippen molar-refractivity contribution in [2.24, 2.45) is 0 Å². The first kappa shape index (κ1) is 12.7. The molecule has 19 heavy (non-hydrogen) atoms. The Morgan fingerprint density at radius 1 is 1.32 bits per heavy atom. The fraction of sp³-hybridized carbons (Fsp3) is 0.667. The minimum Gasteiger partial charge on any atom is -0.457 e. The maximum absolute atomic E-state index is 11.9. The summed E-state index contributed by atoms with van der Waals surface area (Å²) in [5.41, 5.74) is 0. The highest BCUT2D eigenvalue weighted by atomic mass is 16.6. The molecule has 1 aromatic heterocycles. The standard InChI is InChI=1S/C15H22NO3/c1-16(2)11-5-3-6-12(16)10-13(9-11)19-15(17)14-7-4-8-18-14/h4,7-8,11-13H,3,5-6,9-10H2,1-2H3/q+1/t11-,12-/m0/s1. The third kappa shape index (κ3) is 2.29. The van der Waals surface area contributed by atoms with Crippen molar-refractivity contribution in [1.82, 2.24) is 0 Å². The molecule has 2 bridgehead atoms. The van der Waals surface area contributed by atoms with E-state index in [1.165, 1.54) is 25.5 Å². The van der Waals surface area contributed by atoms with E-state index in [0.717, 1.165) is 17.3 Å². The molecule has 0 N–H and O–H groups in total. The Morgan fingerprint density at radius 3 is 2.58 bits per heavy atom. The minimum atomic E-state index is -0.319. The number of quaternary nitrogens is 1. The maximum Gasteiger partial charge on any atom is 0.374 e. The van der Waals surface area contributed by atoms with Crippen molar-refractivity contribution < 1.29 is 18.4 Å². The molecule has 2 aliphatic rings. The van der Waals surface area contributed by atoms with Crippen molar-refractivity contribution in [3.8, 4) is 0 Å². The number of nitrogens with zero attached hydrogens (tertiary/aromatic N) is 1. The summed E-state index contributed by atoms with van der Waals surface area (Å²) in [5, 5.41) is 0. The van der Waals surface area contributed by atoms with E-state index in [0.29, 0.717) is 17.8 Å². The topological polar surface area (TPSA) is 39.4 Å². The second kappa shape index (κ2) is 4.67. The molecule has 0 spiro atoms. The zero-order valence-electron chi connectivity index (χ0n) is 11.7. The predicted molar refractivity (Wildman–Crippen MR) is 70.7 cm³/mol. The number of esters is 1. The first-order valence-corrected chi connectivity index (χ1v) is 7.15. The molecular formula is C15H22NO3+. The van der Waals surface area contributed by atoms with Crippen molar-refractivity contribution >= 4 is 5.97 Å². The lowest BCUT2D eigenvalue weighted by atomic mass is 9.81. The van der Waals surface area contributed by atoms with E-state index in [9.17, 15) is 4.79 Å². The minimum absolute atomic E-state index is 0.0547. The van der Waals surface area contributed by atoms with Gasteiger partial charge >= 0.3 is 5.97 Å². The molecular weight excluding hydrogens is 242 g/mol. The molecule has 3 rings (SSSR count). The molecule has 2 aliphatic heterocycles. The SMILES string of the molecule is C[N+]1(C)[C@H]2CCC[C@H]1CC(OC(=O)c1ccco1)C2. The van der Waals surface area contributed by atoms with Crippen molar-refractivity contribution in [2.45, 2.75) is 50.3 Å². The summed E-state index contributed by atoms with van der Waals surface area (Å²) in [6, 6.07) is 4.63. The quantitative estimate of drug-likeness (QED) is 0.609. The molecule has 0 aromatic carbocycles. The molecule has 4 heteroatoms. The highest BCUT2D eigenvalue weighted by Crippen LogP contribution is 2.38. The lowest BCUT2D eigenvalue weighted by Crippen LogP contribution is -2.63. The number of carbonyl (C=O) groups excluding carboxylic acids is 1. The van der Waals surface area contributed by atoms with Gasteiger partial charge in [0.25, 0.3) is 0 Å². The van der Waals surface area contributed by atoms with Crippen molar-refractivity contribution in [3.05, 3.63) is 24.2 Å². The summed E-state index contributed by atoms with van der Waals surface area (Å²) >= 11 is 0. The van der Waals surface area contributed by atoms with Gasteiger partial charge in [0.05, 0.1) is 32.4 Å². The van der Waals surface area contributed by atoms with Crippen molar-refractivity contribution in [3.63, 3.8) is 0 Å². The smallest absolute Gasteiger partial charge is 0.374 e. The fourth-order valence-corrected chi connectivity index (χ4v) is 3.74. The molecule has 2 saturated heterocycles. The number of hydrogen-bond donors (Lipinski definition) is 0. The van der Waals surface area contributed by atoms with E-state index < -0.39 is 0 Å². The zero-order valence-corrected chi connectivity index (χ0v) is 11.7. The van der Waals surface area contributed by atoms with Gasteiger partial charge in [-0.1, -0.05) is 0 Å². The van der Waals surface area contributed by atoms with E-state index >= 15 is 0 Å². The Balaban J connectivity index is 1.67. The highest BCUT2D eigenvalue weighted by molar-refractivity contribution is 5.86. The van der Waals surface area contributed by atoms with Crippen molar-refractivity contribution in [2.75, 3.05) is 14.1 Å². The van der Waals surface area contributed by atoms with Gasteiger partial charge in [-0.05, 0) is 31.4 Å². The fourth-order valence-electron chi connectivity index (χ4n) is 3.74. The Labute approximate surface area is 113 Å². The summed E-state index contributed by atoms with van der Waals surface area (Å²) in [7, 11) is 4.64. The Bertz CT molecular complexity index is 436. The molecule has 0 radical (unpaired) electrons. The van der Waals surface area contributed by atoms with Gasteiger partial charge in [-0.15, -0.1) is 0 Å². The van der Waals surface area contributed by atoms with Crippen LogP contribution in [-0.2, 0) is 4.74 Å². The van der Waals surface area contributed by atoms with Gasteiger partial charge < -0.3 is 13.6 Å². The maximum atomic E-state index is 11.9. The third-order valence-electron chi connectivity index (χ3n) is 5.02. The van der Waals surface area contributed by atoms with Crippen LogP contribution in [0.25, 0.3) is 0 Å². The summed E-state index contributed by atoms with van der Waals surface area (Å²) in [5.74, 6) is -0.00948. The Morgan fingerprint density at radius 2 is 2.00 bits per heavy atom. The molecule has 2 fully saturated rings. The number of furan rings is 1. The Hall–Kier alpha value is -1.29. The average molecular weight is 264 g/mol. The summed E-state index contributed by atoms with van der Waals surface area (Å²) < 4.78 is 11.8. The van der Waals surface area contributed by atoms with Gasteiger partial charge in [0, 0.05) is 12.8 Å². The van der Waals surface area contributed by atoms with Crippen LogP contribution >= 0.6 is 0 Å². The molecule has 0 aliphatic carbocycles. The van der Waals surface area contributed by atoms with Gasteiger partial charge in [0.1, 0.15) is 6.10 Å². The summed E-state index contributed by atoms with van der Waals surface area (Å²) in [4.78, 5) is 11.9. The summed E-state index contributed by atoms with van der Waals surface area (Å²) in [6.07, 6.45) is 7.34. The van der Waals surface area contributed by atoms with Gasteiger partial charge in [-0.2, -0.15) is 0 Å². The molecule has 104 valence electrons. The number of fused-ring (bicyclic) bond motifs is 2. The van der Waals surface area contributed by atoms with E-state index in [1.807, 2.05) is 0 Å². The second-order valence-electron chi connectivity index (χ2n) is 6.34. The van der Waals surface area contributed by atoms with Crippen LogP contribution in [0.3, 0.4) is 0 Å².